The Kier molecular flexibility index (Phi) is 3.00. The number of aliphatic imine (C=N–C) groups is 1. The van der Waals surface area contributed by atoms with Crippen molar-refractivity contribution in [3.63, 3.8) is 0 Å². The Bertz CT molecular complexity index is 383. The van der Waals surface area contributed by atoms with E-state index in [1.165, 1.54) is 6.42 Å². The SMILES string of the molecule is Cc1nn(C)cc1NC1=NC(C)CCS1. The molecule has 0 amide bonds. The van der Waals surface area contributed by atoms with E-state index in [-0.39, 0.29) is 0 Å². The maximum absolute atomic E-state index is 4.56. The molecule has 0 spiro atoms. The first-order valence-electron chi connectivity index (χ1n) is 5.13. The summed E-state index contributed by atoms with van der Waals surface area (Å²) in [7, 11) is 1.93. The highest BCUT2D eigenvalue weighted by Crippen LogP contribution is 2.20. The zero-order valence-corrected chi connectivity index (χ0v) is 10.1. The van der Waals surface area contributed by atoms with Crippen LogP contribution in [0.5, 0.6) is 0 Å². The molecule has 1 unspecified atom stereocenters. The fourth-order valence-electron chi connectivity index (χ4n) is 1.53. The van der Waals surface area contributed by atoms with Crippen molar-refractivity contribution in [3.05, 3.63) is 11.9 Å². The summed E-state index contributed by atoms with van der Waals surface area (Å²) in [6.07, 6.45) is 3.15. The highest BCUT2D eigenvalue weighted by molar-refractivity contribution is 8.14. The molecule has 0 radical (unpaired) electrons. The lowest BCUT2D eigenvalue weighted by Crippen LogP contribution is -2.18. The van der Waals surface area contributed by atoms with E-state index in [1.807, 2.05) is 24.9 Å². The number of nitrogens with zero attached hydrogens (tertiary/aromatic N) is 3. The van der Waals surface area contributed by atoms with Crippen LogP contribution in [-0.2, 0) is 7.05 Å². The molecule has 1 aromatic rings. The van der Waals surface area contributed by atoms with Crippen LogP contribution >= 0.6 is 11.8 Å². The zero-order chi connectivity index (χ0) is 10.8. The summed E-state index contributed by atoms with van der Waals surface area (Å²) in [4.78, 5) is 4.56. The van der Waals surface area contributed by atoms with Crippen molar-refractivity contribution in [3.8, 4) is 0 Å². The van der Waals surface area contributed by atoms with E-state index in [2.05, 4.69) is 22.3 Å². The average Bonchev–Trinajstić information content (AvgIpc) is 2.45. The molecule has 0 saturated heterocycles. The molecule has 0 saturated carbocycles. The van der Waals surface area contributed by atoms with Gasteiger partial charge in [0.1, 0.15) is 0 Å². The molecule has 5 heteroatoms. The maximum atomic E-state index is 4.56. The van der Waals surface area contributed by atoms with Gasteiger partial charge in [-0.2, -0.15) is 5.10 Å². The molecule has 82 valence electrons. The fourth-order valence-corrected chi connectivity index (χ4v) is 2.62. The molecule has 1 N–H and O–H groups in total. The van der Waals surface area contributed by atoms with Crippen LogP contribution in [0.4, 0.5) is 5.69 Å². The van der Waals surface area contributed by atoms with E-state index < -0.39 is 0 Å². The van der Waals surface area contributed by atoms with E-state index in [4.69, 9.17) is 0 Å². The van der Waals surface area contributed by atoms with Gasteiger partial charge in [0.15, 0.2) is 5.17 Å². The third-order valence-electron chi connectivity index (χ3n) is 2.37. The maximum Gasteiger partial charge on any atom is 0.161 e. The Morgan fingerprint density at radius 2 is 2.40 bits per heavy atom. The van der Waals surface area contributed by atoms with Crippen molar-refractivity contribution in [1.82, 2.24) is 9.78 Å². The molecular formula is C10H16N4S. The quantitative estimate of drug-likeness (QED) is 0.793. The summed E-state index contributed by atoms with van der Waals surface area (Å²) in [5, 5.41) is 8.63. The number of nitrogens with one attached hydrogen (secondary N) is 1. The molecule has 4 nitrogen and oxygen atoms in total. The third-order valence-corrected chi connectivity index (χ3v) is 3.29. The average molecular weight is 224 g/mol. The summed E-state index contributed by atoms with van der Waals surface area (Å²) >= 11 is 1.78. The van der Waals surface area contributed by atoms with E-state index in [0.29, 0.717) is 6.04 Å². The van der Waals surface area contributed by atoms with Gasteiger partial charge in [-0.25, -0.2) is 0 Å². The van der Waals surface area contributed by atoms with Crippen LogP contribution < -0.4 is 5.32 Å². The highest BCUT2D eigenvalue weighted by Gasteiger charge is 2.13. The number of aryl methyl sites for hydroxylation is 2. The molecule has 0 fully saturated rings. The van der Waals surface area contributed by atoms with Crippen molar-refractivity contribution in [2.24, 2.45) is 12.0 Å². The summed E-state index contributed by atoms with van der Waals surface area (Å²) in [5.74, 6) is 1.15. The minimum Gasteiger partial charge on any atom is -0.332 e. The molecule has 1 aliphatic heterocycles. The van der Waals surface area contributed by atoms with Gasteiger partial charge in [0.25, 0.3) is 0 Å². The van der Waals surface area contributed by atoms with Gasteiger partial charge in [-0.1, -0.05) is 11.8 Å². The predicted molar refractivity (Wildman–Crippen MR) is 65.5 cm³/mol. The molecule has 15 heavy (non-hydrogen) atoms. The number of thioether (sulfide) groups is 1. The Labute approximate surface area is 94.2 Å². The van der Waals surface area contributed by atoms with Crippen molar-refractivity contribution in [2.45, 2.75) is 26.3 Å². The number of hydrogen-bond donors (Lipinski definition) is 1. The first kappa shape index (κ1) is 10.5. The van der Waals surface area contributed by atoms with Gasteiger partial charge < -0.3 is 5.32 Å². The van der Waals surface area contributed by atoms with E-state index in [0.717, 1.165) is 22.3 Å². The Morgan fingerprint density at radius 1 is 1.60 bits per heavy atom. The minimum atomic E-state index is 0.436. The van der Waals surface area contributed by atoms with Crippen LogP contribution in [0.3, 0.4) is 0 Å². The van der Waals surface area contributed by atoms with Gasteiger partial charge in [-0.3, -0.25) is 9.67 Å². The molecule has 2 rings (SSSR count). The standard InChI is InChI=1S/C10H16N4S/c1-7-4-5-15-10(11-7)12-9-6-14(3)13-8(9)2/h6-7H,4-5H2,1-3H3,(H,11,12). The predicted octanol–water partition coefficient (Wildman–Crippen LogP) is 2.02. The van der Waals surface area contributed by atoms with Gasteiger partial charge >= 0.3 is 0 Å². The number of rotatable bonds is 1. The third kappa shape index (κ3) is 2.53. The number of anilines is 1. The zero-order valence-electron chi connectivity index (χ0n) is 9.32. The molecule has 1 atom stereocenters. The normalized spacial score (nSPS) is 21.3. The first-order valence-corrected chi connectivity index (χ1v) is 6.11. The molecular weight excluding hydrogens is 208 g/mol. The van der Waals surface area contributed by atoms with E-state index in [1.54, 1.807) is 11.8 Å². The van der Waals surface area contributed by atoms with Crippen LogP contribution in [0.15, 0.2) is 11.2 Å². The topological polar surface area (TPSA) is 42.2 Å². The Balaban J connectivity index is 2.11. The highest BCUT2D eigenvalue weighted by atomic mass is 32.2. The van der Waals surface area contributed by atoms with Crippen molar-refractivity contribution < 1.29 is 0 Å². The lowest BCUT2D eigenvalue weighted by molar-refractivity contribution is 0.720. The summed E-state index contributed by atoms with van der Waals surface area (Å²) in [6.45, 7) is 4.15. The second-order valence-corrected chi connectivity index (χ2v) is 4.93. The molecule has 1 aromatic heterocycles. The summed E-state index contributed by atoms with van der Waals surface area (Å²) in [6, 6.07) is 0.436. The molecule has 1 aliphatic rings. The molecule has 0 aliphatic carbocycles. The monoisotopic (exact) mass is 224 g/mol. The van der Waals surface area contributed by atoms with Crippen molar-refractivity contribution in [2.75, 3.05) is 11.1 Å². The minimum absolute atomic E-state index is 0.436. The Morgan fingerprint density at radius 3 is 3.00 bits per heavy atom. The van der Waals surface area contributed by atoms with E-state index in [9.17, 15) is 0 Å². The lowest BCUT2D eigenvalue weighted by Gasteiger charge is -2.17. The van der Waals surface area contributed by atoms with Gasteiger partial charge in [-0.05, 0) is 20.3 Å². The number of aromatic nitrogens is 2. The van der Waals surface area contributed by atoms with E-state index >= 15 is 0 Å². The van der Waals surface area contributed by atoms with Gasteiger partial charge in [0.2, 0.25) is 0 Å². The number of hydrogen-bond acceptors (Lipinski definition) is 4. The second-order valence-electron chi connectivity index (χ2n) is 3.85. The van der Waals surface area contributed by atoms with Gasteiger partial charge in [0.05, 0.1) is 17.4 Å². The first-order chi connectivity index (χ1) is 7.15. The molecule has 0 aromatic carbocycles. The smallest absolute Gasteiger partial charge is 0.161 e. The summed E-state index contributed by atoms with van der Waals surface area (Å²) < 4.78 is 1.81. The fraction of sp³-hybridized carbons (Fsp3) is 0.600. The summed E-state index contributed by atoms with van der Waals surface area (Å²) in [5.41, 5.74) is 2.07. The van der Waals surface area contributed by atoms with Crippen molar-refractivity contribution >= 4 is 22.6 Å². The van der Waals surface area contributed by atoms with Gasteiger partial charge in [-0.15, -0.1) is 0 Å². The second kappa shape index (κ2) is 4.26. The number of amidine groups is 1. The van der Waals surface area contributed by atoms with Crippen LogP contribution in [0.2, 0.25) is 0 Å². The van der Waals surface area contributed by atoms with Crippen LogP contribution in [-0.4, -0.2) is 26.7 Å². The van der Waals surface area contributed by atoms with Crippen LogP contribution in [0.25, 0.3) is 0 Å². The largest absolute Gasteiger partial charge is 0.332 e. The van der Waals surface area contributed by atoms with Crippen LogP contribution in [0, 0.1) is 6.92 Å². The Hall–Kier alpha value is -0.970. The molecule has 0 bridgehead atoms. The van der Waals surface area contributed by atoms with Crippen molar-refractivity contribution in [1.29, 1.82) is 0 Å². The molecule has 2 heterocycles. The lowest BCUT2D eigenvalue weighted by atomic mass is 10.3. The van der Waals surface area contributed by atoms with Crippen LogP contribution in [0.1, 0.15) is 19.0 Å². The van der Waals surface area contributed by atoms with Gasteiger partial charge in [0, 0.05) is 19.0 Å².